The highest BCUT2D eigenvalue weighted by molar-refractivity contribution is 5.79. The second-order valence-electron chi connectivity index (χ2n) is 5.45. The van der Waals surface area contributed by atoms with Crippen molar-refractivity contribution in [2.75, 3.05) is 0 Å². The highest BCUT2D eigenvalue weighted by Gasteiger charge is 2.17. The first-order valence-corrected chi connectivity index (χ1v) is 7.48. The number of benzene rings is 1. The Bertz CT molecular complexity index is 660. The molecule has 1 aromatic heterocycles. The van der Waals surface area contributed by atoms with E-state index in [0.29, 0.717) is 12.3 Å². The van der Waals surface area contributed by atoms with E-state index in [1.165, 1.54) is 6.92 Å². The number of aromatic nitrogens is 1. The van der Waals surface area contributed by atoms with E-state index in [-0.39, 0.29) is 24.3 Å². The molecule has 6 nitrogen and oxygen atoms in total. The number of nitrogens with zero attached hydrogens (tertiary/aromatic N) is 1. The van der Waals surface area contributed by atoms with Gasteiger partial charge in [-0.2, -0.15) is 0 Å². The molecule has 0 saturated heterocycles. The largest absolute Gasteiger partial charge is 0.361 e. The van der Waals surface area contributed by atoms with Crippen molar-refractivity contribution in [3.8, 4) is 0 Å². The van der Waals surface area contributed by atoms with Gasteiger partial charge in [-0.05, 0) is 19.4 Å². The molecule has 0 fully saturated rings. The van der Waals surface area contributed by atoms with E-state index in [4.69, 9.17) is 4.52 Å². The molecule has 1 aromatic carbocycles. The highest BCUT2D eigenvalue weighted by atomic mass is 16.5. The van der Waals surface area contributed by atoms with Crippen molar-refractivity contribution < 1.29 is 14.1 Å². The molecule has 2 rings (SSSR count). The van der Waals surface area contributed by atoms with Crippen LogP contribution in [0.25, 0.3) is 0 Å². The highest BCUT2D eigenvalue weighted by Crippen LogP contribution is 2.17. The summed E-state index contributed by atoms with van der Waals surface area (Å²) >= 11 is 0. The second kappa shape index (κ2) is 7.58. The zero-order valence-corrected chi connectivity index (χ0v) is 13.6. The zero-order valence-electron chi connectivity index (χ0n) is 13.6. The van der Waals surface area contributed by atoms with Gasteiger partial charge >= 0.3 is 0 Å². The minimum Gasteiger partial charge on any atom is -0.361 e. The van der Waals surface area contributed by atoms with Crippen LogP contribution in [0.3, 0.4) is 0 Å². The standard InChI is InChI=1S/C17H21N3O3/c1-11-15(12(2)23-20-11)10-18-17(22)9-16(19-13(3)21)14-7-5-4-6-8-14/h4-8,16H,9-10H2,1-3H3,(H,18,22)(H,19,21). The number of amides is 2. The van der Waals surface area contributed by atoms with Crippen LogP contribution in [-0.2, 0) is 16.1 Å². The van der Waals surface area contributed by atoms with Gasteiger partial charge in [0.05, 0.1) is 18.2 Å². The molecule has 0 spiro atoms. The number of hydrogen-bond acceptors (Lipinski definition) is 4. The lowest BCUT2D eigenvalue weighted by Gasteiger charge is -2.18. The summed E-state index contributed by atoms with van der Waals surface area (Å²) in [6.07, 6.45) is 0.174. The number of aryl methyl sites for hydroxylation is 2. The predicted molar refractivity (Wildman–Crippen MR) is 85.4 cm³/mol. The molecule has 0 aliphatic heterocycles. The third-order valence-electron chi connectivity index (χ3n) is 3.61. The number of carbonyl (C=O) groups is 2. The zero-order chi connectivity index (χ0) is 16.8. The fraction of sp³-hybridized carbons (Fsp3) is 0.353. The SMILES string of the molecule is CC(=O)NC(CC(=O)NCc1c(C)noc1C)c1ccccc1. The number of hydrogen-bond donors (Lipinski definition) is 2. The minimum atomic E-state index is -0.349. The van der Waals surface area contributed by atoms with Crippen molar-refractivity contribution in [2.24, 2.45) is 0 Å². The van der Waals surface area contributed by atoms with E-state index < -0.39 is 0 Å². The fourth-order valence-electron chi connectivity index (χ4n) is 2.38. The van der Waals surface area contributed by atoms with Crippen molar-refractivity contribution in [1.82, 2.24) is 15.8 Å². The van der Waals surface area contributed by atoms with Crippen LogP contribution < -0.4 is 10.6 Å². The molecular weight excluding hydrogens is 294 g/mol. The molecule has 23 heavy (non-hydrogen) atoms. The molecule has 6 heteroatoms. The molecule has 0 aliphatic carbocycles. The lowest BCUT2D eigenvalue weighted by Crippen LogP contribution is -2.32. The van der Waals surface area contributed by atoms with E-state index in [2.05, 4.69) is 15.8 Å². The molecule has 2 aromatic rings. The van der Waals surface area contributed by atoms with Gasteiger partial charge in [-0.3, -0.25) is 9.59 Å². The Morgan fingerprint density at radius 2 is 1.91 bits per heavy atom. The Morgan fingerprint density at radius 1 is 1.22 bits per heavy atom. The summed E-state index contributed by atoms with van der Waals surface area (Å²) in [7, 11) is 0. The summed E-state index contributed by atoms with van der Waals surface area (Å²) in [5, 5.41) is 9.52. The van der Waals surface area contributed by atoms with Gasteiger partial charge in [0, 0.05) is 19.0 Å². The summed E-state index contributed by atoms with van der Waals surface area (Å²) in [6.45, 7) is 5.45. The van der Waals surface area contributed by atoms with Crippen LogP contribution in [0.1, 0.15) is 42.0 Å². The summed E-state index contributed by atoms with van der Waals surface area (Å²) in [4.78, 5) is 23.6. The fourth-order valence-corrected chi connectivity index (χ4v) is 2.38. The van der Waals surface area contributed by atoms with E-state index in [1.54, 1.807) is 0 Å². The Kier molecular flexibility index (Phi) is 5.51. The van der Waals surface area contributed by atoms with Gasteiger partial charge in [-0.1, -0.05) is 35.5 Å². The van der Waals surface area contributed by atoms with Crippen molar-refractivity contribution in [3.05, 3.63) is 52.9 Å². The van der Waals surface area contributed by atoms with Crippen molar-refractivity contribution in [1.29, 1.82) is 0 Å². The van der Waals surface area contributed by atoms with Crippen LogP contribution in [0.2, 0.25) is 0 Å². The van der Waals surface area contributed by atoms with Crippen molar-refractivity contribution in [3.63, 3.8) is 0 Å². The van der Waals surface area contributed by atoms with Crippen LogP contribution >= 0.6 is 0 Å². The van der Waals surface area contributed by atoms with E-state index in [9.17, 15) is 9.59 Å². The smallest absolute Gasteiger partial charge is 0.222 e. The topological polar surface area (TPSA) is 84.2 Å². The van der Waals surface area contributed by atoms with E-state index in [1.807, 2.05) is 44.2 Å². The number of nitrogens with one attached hydrogen (secondary N) is 2. The second-order valence-corrected chi connectivity index (χ2v) is 5.45. The monoisotopic (exact) mass is 315 g/mol. The average Bonchev–Trinajstić information content (AvgIpc) is 2.84. The maximum absolute atomic E-state index is 12.2. The molecule has 122 valence electrons. The molecule has 0 saturated carbocycles. The van der Waals surface area contributed by atoms with Crippen LogP contribution in [0.15, 0.2) is 34.9 Å². The lowest BCUT2D eigenvalue weighted by atomic mass is 10.0. The quantitative estimate of drug-likeness (QED) is 0.855. The summed E-state index contributed by atoms with van der Waals surface area (Å²) in [6, 6.07) is 9.09. The summed E-state index contributed by atoms with van der Waals surface area (Å²) in [5.74, 6) is 0.384. The molecule has 1 unspecified atom stereocenters. The van der Waals surface area contributed by atoms with Gasteiger partial charge < -0.3 is 15.2 Å². The molecule has 0 bridgehead atoms. The molecule has 0 radical (unpaired) electrons. The van der Waals surface area contributed by atoms with Gasteiger partial charge in [0.25, 0.3) is 0 Å². The third kappa shape index (κ3) is 4.67. The maximum atomic E-state index is 12.2. The van der Waals surface area contributed by atoms with Crippen LogP contribution in [0.5, 0.6) is 0 Å². The molecule has 1 atom stereocenters. The van der Waals surface area contributed by atoms with Crippen LogP contribution in [-0.4, -0.2) is 17.0 Å². The Hall–Kier alpha value is -2.63. The Balaban J connectivity index is 1.99. The van der Waals surface area contributed by atoms with Gasteiger partial charge in [-0.15, -0.1) is 0 Å². The van der Waals surface area contributed by atoms with Crippen molar-refractivity contribution >= 4 is 11.8 Å². The van der Waals surface area contributed by atoms with Gasteiger partial charge in [0.2, 0.25) is 11.8 Å². The molecule has 2 N–H and O–H groups in total. The normalized spacial score (nSPS) is 11.8. The lowest BCUT2D eigenvalue weighted by molar-refractivity contribution is -0.122. The summed E-state index contributed by atoms with van der Waals surface area (Å²) in [5.41, 5.74) is 2.55. The minimum absolute atomic E-state index is 0.146. The number of carbonyl (C=O) groups excluding carboxylic acids is 2. The summed E-state index contributed by atoms with van der Waals surface area (Å²) < 4.78 is 5.07. The number of rotatable bonds is 6. The first-order valence-electron chi connectivity index (χ1n) is 7.48. The molecule has 0 aliphatic rings. The molecule has 1 heterocycles. The Morgan fingerprint density at radius 3 is 2.48 bits per heavy atom. The van der Waals surface area contributed by atoms with Gasteiger partial charge in [0.15, 0.2) is 0 Å². The van der Waals surface area contributed by atoms with Gasteiger partial charge in [0.1, 0.15) is 5.76 Å². The first-order chi connectivity index (χ1) is 11.0. The van der Waals surface area contributed by atoms with Gasteiger partial charge in [-0.25, -0.2) is 0 Å². The maximum Gasteiger partial charge on any atom is 0.222 e. The van der Waals surface area contributed by atoms with Crippen LogP contribution in [0, 0.1) is 13.8 Å². The van der Waals surface area contributed by atoms with E-state index >= 15 is 0 Å². The Labute approximate surface area is 135 Å². The third-order valence-corrected chi connectivity index (χ3v) is 3.61. The molecular formula is C17H21N3O3. The predicted octanol–water partition coefficient (Wildman–Crippen LogP) is 2.18. The first kappa shape index (κ1) is 16.7. The van der Waals surface area contributed by atoms with Crippen LogP contribution in [0.4, 0.5) is 0 Å². The average molecular weight is 315 g/mol. The van der Waals surface area contributed by atoms with E-state index in [0.717, 1.165) is 16.8 Å². The van der Waals surface area contributed by atoms with Crippen molar-refractivity contribution in [2.45, 2.75) is 39.8 Å². The molecule has 2 amide bonds.